The summed E-state index contributed by atoms with van der Waals surface area (Å²) < 4.78 is 69.6. The average Bonchev–Trinajstić information content (AvgIpc) is 3.31. The van der Waals surface area contributed by atoms with Crippen LogP contribution in [-0.4, -0.2) is 15.6 Å². The van der Waals surface area contributed by atoms with Gasteiger partial charge in [0.2, 0.25) is 0 Å². The van der Waals surface area contributed by atoms with Crippen molar-refractivity contribution in [1.82, 2.24) is 4.57 Å². The molecular weight excluding hydrogens is 503 g/mol. The maximum Gasteiger partial charge on any atom is 0.417 e. The van der Waals surface area contributed by atoms with E-state index < -0.39 is 47.0 Å². The third-order valence-electron chi connectivity index (χ3n) is 5.34. The molecule has 0 aliphatic rings. The van der Waals surface area contributed by atoms with E-state index in [0.29, 0.717) is 22.6 Å². The summed E-state index contributed by atoms with van der Waals surface area (Å²) in [6, 6.07) is 13.4. The molecule has 182 valence electrons. The van der Waals surface area contributed by atoms with Crippen LogP contribution < -0.4 is 5.56 Å². The van der Waals surface area contributed by atoms with Crippen molar-refractivity contribution in [1.29, 1.82) is 5.26 Å². The fraction of sp³-hybridized carbons (Fsp3) is 0.0800. The molecule has 36 heavy (non-hydrogen) atoms. The molecule has 0 unspecified atom stereocenters. The van der Waals surface area contributed by atoms with Crippen LogP contribution in [0.5, 0.6) is 0 Å². The second kappa shape index (κ2) is 9.39. The minimum absolute atomic E-state index is 0.0487. The molecule has 0 spiro atoms. The maximum atomic E-state index is 14.3. The van der Waals surface area contributed by atoms with Gasteiger partial charge in [0.25, 0.3) is 5.56 Å². The van der Waals surface area contributed by atoms with Crippen LogP contribution >= 0.6 is 11.3 Å². The lowest BCUT2D eigenvalue weighted by atomic mass is 10.1. The number of halogens is 5. The fourth-order valence-corrected chi connectivity index (χ4v) is 4.60. The number of aromatic carboxylic acids is 1. The number of rotatable bonds is 5. The molecule has 0 saturated carbocycles. The summed E-state index contributed by atoms with van der Waals surface area (Å²) in [5.41, 5.74) is -3.59. The Morgan fingerprint density at radius 3 is 2.25 bits per heavy atom. The molecule has 2 aromatic carbocycles. The summed E-state index contributed by atoms with van der Waals surface area (Å²) >= 11 is 1.02. The molecular formula is C25H13F5N2O3S. The molecule has 0 fully saturated rings. The van der Waals surface area contributed by atoms with Crippen LogP contribution in [0, 0.1) is 23.0 Å². The number of carbonyl (C=O) groups is 1. The molecule has 0 atom stereocenters. The van der Waals surface area contributed by atoms with Crippen molar-refractivity contribution >= 4 is 17.3 Å². The highest BCUT2D eigenvalue weighted by atomic mass is 32.1. The van der Waals surface area contributed by atoms with Gasteiger partial charge in [-0.05, 0) is 42.0 Å². The molecule has 2 aromatic heterocycles. The molecule has 0 bridgehead atoms. The number of nitrogens with zero attached hydrogens (tertiary/aromatic N) is 2. The van der Waals surface area contributed by atoms with Gasteiger partial charge >= 0.3 is 12.1 Å². The van der Waals surface area contributed by atoms with E-state index in [4.69, 9.17) is 5.11 Å². The predicted molar refractivity (Wildman–Crippen MR) is 122 cm³/mol. The van der Waals surface area contributed by atoms with Gasteiger partial charge in [-0.2, -0.15) is 18.4 Å². The number of carboxylic acid groups (broad SMARTS) is 1. The monoisotopic (exact) mass is 516 g/mol. The number of hydrogen-bond donors (Lipinski definition) is 1. The average molecular weight is 516 g/mol. The molecule has 11 heteroatoms. The summed E-state index contributed by atoms with van der Waals surface area (Å²) in [6.07, 6.45) is -5.01. The largest absolute Gasteiger partial charge is 0.478 e. The molecule has 2 heterocycles. The van der Waals surface area contributed by atoms with Gasteiger partial charge in [-0.3, -0.25) is 4.79 Å². The fourth-order valence-electron chi connectivity index (χ4n) is 3.57. The van der Waals surface area contributed by atoms with E-state index >= 15 is 0 Å². The number of hydrogen-bond acceptors (Lipinski definition) is 4. The summed E-state index contributed by atoms with van der Waals surface area (Å²) in [4.78, 5) is 24.9. The van der Waals surface area contributed by atoms with E-state index in [1.54, 1.807) is 6.07 Å². The van der Waals surface area contributed by atoms with E-state index in [2.05, 4.69) is 0 Å². The predicted octanol–water partition coefficient (Wildman–Crippen LogP) is 6.16. The van der Waals surface area contributed by atoms with Crippen LogP contribution in [0.25, 0.3) is 21.0 Å². The lowest BCUT2D eigenvalue weighted by Crippen LogP contribution is -2.28. The van der Waals surface area contributed by atoms with Crippen molar-refractivity contribution in [3.8, 4) is 27.1 Å². The number of alkyl halides is 3. The lowest BCUT2D eigenvalue weighted by Gasteiger charge is -2.17. The van der Waals surface area contributed by atoms with Crippen molar-refractivity contribution in [3.05, 3.63) is 105 Å². The summed E-state index contributed by atoms with van der Waals surface area (Å²) in [5.74, 6) is -3.00. The number of benzene rings is 2. The molecule has 1 N–H and O–H groups in total. The van der Waals surface area contributed by atoms with Crippen LogP contribution in [0.4, 0.5) is 22.0 Å². The Morgan fingerprint density at radius 1 is 1.00 bits per heavy atom. The van der Waals surface area contributed by atoms with Gasteiger partial charge in [-0.1, -0.05) is 18.2 Å². The summed E-state index contributed by atoms with van der Waals surface area (Å²) in [7, 11) is 0. The van der Waals surface area contributed by atoms with Crippen molar-refractivity contribution in [2.24, 2.45) is 0 Å². The van der Waals surface area contributed by atoms with Crippen molar-refractivity contribution in [2.75, 3.05) is 0 Å². The Bertz CT molecular complexity index is 1580. The van der Waals surface area contributed by atoms with Gasteiger partial charge in [-0.15, -0.1) is 11.3 Å². The van der Waals surface area contributed by atoms with Crippen LogP contribution in [0.1, 0.15) is 27.0 Å². The first-order valence-corrected chi connectivity index (χ1v) is 10.9. The second-order valence-electron chi connectivity index (χ2n) is 7.60. The van der Waals surface area contributed by atoms with Gasteiger partial charge < -0.3 is 9.67 Å². The van der Waals surface area contributed by atoms with Gasteiger partial charge in [0, 0.05) is 16.5 Å². The highest BCUT2D eigenvalue weighted by molar-refractivity contribution is 7.18. The Hall–Kier alpha value is -4.30. The normalized spacial score (nSPS) is 11.3. The summed E-state index contributed by atoms with van der Waals surface area (Å²) in [5, 5.41) is 18.3. The van der Waals surface area contributed by atoms with Gasteiger partial charge in [0.1, 0.15) is 23.3 Å². The van der Waals surface area contributed by atoms with Crippen LogP contribution in [0.3, 0.4) is 0 Å². The van der Waals surface area contributed by atoms with Crippen molar-refractivity contribution < 1.29 is 31.9 Å². The Labute approximate surface area is 203 Å². The first-order chi connectivity index (χ1) is 17.0. The number of nitriles is 1. The second-order valence-corrected chi connectivity index (χ2v) is 8.69. The van der Waals surface area contributed by atoms with E-state index in [0.717, 1.165) is 28.0 Å². The van der Waals surface area contributed by atoms with E-state index in [-0.39, 0.29) is 21.7 Å². The third-order valence-corrected chi connectivity index (χ3v) is 6.49. The smallest absolute Gasteiger partial charge is 0.417 e. The maximum absolute atomic E-state index is 14.3. The standard InChI is InChI=1S/C25H13F5N2O3S/c26-16-6-5-15(19(27)9-16)12-32-20(10-18(25(28,29)30)17(11-31)23(32)33)22-8-7-21(36-22)13-1-3-14(4-2-13)24(34)35/h1-10H,12H2,(H,34,35). The van der Waals surface area contributed by atoms with Gasteiger partial charge in [-0.25, -0.2) is 13.6 Å². The highest BCUT2D eigenvalue weighted by Crippen LogP contribution is 2.38. The zero-order valence-corrected chi connectivity index (χ0v) is 18.8. The molecule has 0 aliphatic heterocycles. The summed E-state index contributed by atoms with van der Waals surface area (Å²) in [6.45, 7) is -0.548. The van der Waals surface area contributed by atoms with Crippen LogP contribution in [0.2, 0.25) is 0 Å². The number of pyridine rings is 1. The van der Waals surface area contributed by atoms with E-state index in [9.17, 15) is 36.8 Å². The van der Waals surface area contributed by atoms with Crippen LogP contribution in [0.15, 0.2) is 65.5 Å². The zero-order chi connectivity index (χ0) is 26.2. The Kier molecular flexibility index (Phi) is 6.47. The molecule has 4 rings (SSSR count). The molecule has 0 radical (unpaired) electrons. The topological polar surface area (TPSA) is 83.1 Å². The zero-order valence-electron chi connectivity index (χ0n) is 17.9. The minimum Gasteiger partial charge on any atom is -0.478 e. The minimum atomic E-state index is -5.01. The number of thiophene rings is 1. The molecule has 4 aromatic rings. The quantitative estimate of drug-likeness (QED) is 0.322. The Balaban J connectivity index is 1.90. The molecule has 0 aliphatic carbocycles. The van der Waals surface area contributed by atoms with E-state index in [1.165, 1.54) is 36.4 Å². The highest BCUT2D eigenvalue weighted by Gasteiger charge is 2.36. The first-order valence-electron chi connectivity index (χ1n) is 10.1. The van der Waals surface area contributed by atoms with Gasteiger partial charge in [0.15, 0.2) is 0 Å². The third kappa shape index (κ3) is 4.76. The van der Waals surface area contributed by atoms with Crippen molar-refractivity contribution in [3.63, 3.8) is 0 Å². The van der Waals surface area contributed by atoms with Crippen LogP contribution in [-0.2, 0) is 12.7 Å². The molecule has 5 nitrogen and oxygen atoms in total. The first kappa shape index (κ1) is 24.8. The van der Waals surface area contributed by atoms with Gasteiger partial charge in [0.05, 0.1) is 28.2 Å². The SMILES string of the molecule is N#Cc1c(C(F)(F)F)cc(-c2ccc(-c3ccc(C(=O)O)cc3)s2)n(Cc2ccc(F)cc2F)c1=O. The number of aromatic nitrogens is 1. The van der Waals surface area contributed by atoms with Crippen molar-refractivity contribution in [2.45, 2.75) is 12.7 Å². The Morgan fingerprint density at radius 2 is 1.67 bits per heavy atom. The number of carboxylic acids is 1. The van der Waals surface area contributed by atoms with E-state index in [1.807, 2.05) is 0 Å². The molecule has 0 saturated heterocycles. The lowest BCUT2D eigenvalue weighted by molar-refractivity contribution is -0.137. The molecule has 0 amide bonds.